The number of halogens is 1. The molecule has 0 aromatic rings. The molecule has 0 aromatic carbocycles. The molecule has 0 aliphatic carbocycles. The Balaban J connectivity index is 2.60. The van der Waals surface area contributed by atoms with E-state index in [1.807, 2.05) is 0 Å². The monoisotopic (exact) mass is 292 g/mol. The fraction of sp³-hybridized carbons (Fsp3) is 0.667. The molecule has 1 aliphatic rings. The summed E-state index contributed by atoms with van der Waals surface area (Å²) < 4.78 is 20.8. The average Bonchev–Trinajstić information content (AvgIpc) is 2.35. The molecule has 0 fully saturated rings. The summed E-state index contributed by atoms with van der Waals surface area (Å²) in [6.07, 6.45) is 1.49. The molecule has 0 radical (unpaired) electrons. The van der Waals surface area contributed by atoms with Crippen molar-refractivity contribution >= 4 is 23.5 Å². The van der Waals surface area contributed by atoms with Gasteiger partial charge in [0.2, 0.25) is 0 Å². The first-order valence-electron chi connectivity index (χ1n) is 5.85. The number of hydrogen-bond acceptors (Lipinski definition) is 6. The molecule has 1 aliphatic heterocycles. The lowest BCUT2D eigenvalue weighted by molar-refractivity contribution is -0.195. The Morgan fingerprint density at radius 2 is 2.00 bits per heavy atom. The largest absolute Gasteiger partial charge is 0.463 e. The molecule has 0 bridgehead atoms. The summed E-state index contributed by atoms with van der Waals surface area (Å²) in [6.45, 7) is 2.90. The average molecular weight is 293 g/mol. The minimum atomic E-state index is -0.604. The predicted molar refractivity (Wildman–Crippen MR) is 66.7 cm³/mol. The van der Waals surface area contributed by atoms with E-state index in [1.54, 1.807) is 12.2 Å². The zero-order valence-corrected chi connectivity index (χ0v) is 11.6. The van der Waals surface area contributed by atoms with Crippen LogP contribution in [0, 0.1) is 0 Å². The summed E-state index contributed by atoms with van der Waals surface area (Å²) in [5.41, 5.74) is 0. The number of alkyl halides is 1. The van der Waals surface area contributed by atoms with Gasteiger partial charge in [-0.2, -0.15) is 0 Å². The molecule has 108 valence electrons. The number of rotatable bonds is 6. The Morgan fingerprint density at radius 3 is 2.58 bits per heavy atom. The van der Waals surface area contributed by atoms with Gasteiger partial charge < -0.3 is 18.9 Å². The molecule has 1 heterocycles. The second-order valence-electron chi connectivity index (χ2n) is 3.86. The van der Waals surface area contributed by atoms with Gasteiger partial charge in [-0.15, -0.1) is 11.6 Å². The molecule has 7 heteroatoms. The highest BCUT2D eigenvalue weighted by molar-refractivity contribution is 6.17. The van der Waals surface area contributed by atoms with Gasteiger partial charge in [0.25, 0.3) is 0 Å². The Kier molecular flexibility index (Phi) is 6.83. The van der Waals surface area contributed by atoms with E-state index in [1.165, 1.54) is 13.8 Å². The van der Waals surface area contributed by atoms with Gasteiger partial charge >= 0.3 is 11.9 Å². The molecule has 0 N–H and O–H groups in total. The normalized spacial score (nSPS) is 25.9. The van der Waals surface area contributed by atoms with Crippen LogP contribution in [-0.4, -0.2) is 49.5 Å². The summed E-state index contributed by atoms with van der Waals surface area (Å²) in [5, 5.41) is 0. The Hall–Kier alpha value is -1.11. The van der Waals surface area contributed by atoms with Crippen molar-refractivity contribution in [3.63, 3.8) is 0 Å². The van der Waals surface area contributed by atoms with Gasteiger partial charge in [-0.25, -0.2) is 0 Å². The fourth-order valence-electron chi connectivity index (χ4n) is 1.52. The van der Waals surface area contributed by atoms with Crippen LogP contribution < -0.4 is 0 Å². The molecular formula is C12H17ClO6. The number of hydrogen-bond donors (Lipinski definition) is 0. The Morgan fingerprint density at radius 1 is 1.26 bits per heavy atom. The second kappa shape index (κ2) is 8.14. The molecule has 6 nitrogen and oxygen atoms in total. The summed E-state index contributed by atoms with van der Waals surface area (Å²) >= 11 is 5.51. The molecule has 0 spiro atoms. The molecule has 3 atom stereocenters. The summed E-state index contributed by atoms with van der Waals surface area (Å²) in [6, 6.07) is 0. The van der Waals surface area contributed by atoms with Crippen molar-refractivity contribution in [3.8, 4) is 0 Å². The molecule has 1 rings (SSSR count). The third kappa shape index (κ3) is 6.04. The van der Waals surface area contributed by atoms with Gasteiger partial charge in [0.05, 0.1) is 6.61 Å². The number of carbonyl (C=O) groups excluding carboxylic acids is 2. The third-order valence-electron chi connectivity index (χ3n) is 2.25. The van der Waals surface area contributed by atoms with E-state index in [0.29, 0.717) is 12.5 Å². The standard InChI is InChI=1S/C12H17ClO6/c1-8(14)17-7-11-10(18-9(2)15)3-4-12(19-11)16-6-5-13/h3-4,10-12H,5-7H2,1-2H3/t10-,11+,12-/m0/s1. The predicted octanol–water partition coefficient (Wildman–Crippen LogP) is 1.02. The molecular weight excluding hydrogens is 276 g/mol. The lowest BCUT2D eigenvalue weighted by Gasteiger charge is -2.31. The van der Waals surface area contributed by atoms with Crippen molar-refractivity contribution in [1.82, 2.24) is 0 Å². The first-order chi connectivity index (χ1) is 9.02. The van der Waals surface area contributed by atoms with Gasteiger partial charge in [0.1, 0.15) is 18.8 Å². The van der Waals surface area contributed by atoms with E-state index in [2.05, 4.69) is 0 Å². The minimum Gasteiger partial charge on any atom is -0.463 e. The van der Waals surface area contributed by atoms with Crippen molar-refractivity contribution in [1.29, 1.82) is 0 Å². The quantitative estimate of drug-likeness (QED) is 0.413. The summed E-state index contributed by atoms with van der Waals surface area (Å²) in [4.78, 5) is 21.8. The molecule has 0 amide bonds. The second-order valence-corrected chi connectivity index (χ2v) is 4.24. The van der Waals surface area contributed by atoms with E-state index in [9.17, 15) is 9.59 Å². The van der Waals surface area contributed by atoms with Crippen molar-refractivity contribution < 1.29 is 28.5 Å². The molecule has 0 saturated heterocycles. The summed E-state index contributed by atoms with van der Waals surface area (Å²) in [5.74, 6) is -0.528. The van der Waals surface area contributed by atoms with E-state index >= 15 is 0 Å². The van der Waals surface area contributed by atoms with Crippen LogP contribution in [0.3, 0.4) is 0 Å². The molecule has 0 aromatic heterocycles. The van der Waals surface area contributed by atoms with E-state index in [4.69, 9.17) is 30.5 Å². The van der Waals surface area contributed by atoms with Crippen LogP contribution in [0.5, 0.6) is 0 Å². The van der Waals surface area contributed by atoms with Crippen LogP contribution >= 0.6 is 11.6 Å². The van der Waals surface area contributed by atoms with Crippen LogP contribution in [0.1, 0.15) is 13.8 Å². The fourth-order valence-corrected chi connectivity index (χ4v) is 1.60. The maximum Gasteiger partial charge on any atom is 0.303 e. The number of esters is 2. The van der Waals surface area contributed by atoms with Crippen molar-refractivity contribution in [2.24, 2.45) is 0 Å². The van der Waals surface area contributed by atoms with Crippen molar-refractivity contribution in [3.05, 3.63) is 12.2 Å². The van der Waals surface area contributed by atoms with Gasteiger partial charge in [-0.1, -0.05) is 0 Å². The molecule has 0 unspecified atom stereocenters. The first kappa shape index (κ1) is 15.9. The smallest absolute Gasteiger partial charge is 0.303 e. The minimum absolute atomic E-state index is 0.0155. The van der Waals surface area contributed by atoms with Crippen molar-refractivity contribution in [2.45, 2.75) is 32.3 Å². The van der Waals surface area contributed by atoms with E-state index in [-0.39, 0.29) is 6.61 Å². The van der Waals surface area contributed by atoms with Crippen LogP contribution in [0.15, 0.2) is 12.2 Å². The van der Waals surface area contributed by atoms with Crippen LogP contribution in [0.25, 0.3) is 0 Å². The van der Waals surface area contributed by atoms with Gasteiger partial charge in [-0.05, 0) is 12.2 Å². The molecule has 19 heavy (non-hydrogen) atoms. The highest BCUT2D eigenvalue weighted by atomic mass is 35.5. The molecule has 0 saturated carbocycles. The van der Waals surface area contributed by atoms with Crippen LogP contribution in [0.2, 0.25) is 0 Å². The maximum absolute atomic E-state index is 11.0. The van der Waals surface area contributed by atoms with Gasteiger partial charge in [-0.3, -0.25) is 9.59 Å². The Bertz CT molecular complexity index is 343. The SMILES string of the molecule is CC(=O)OC[C@H]1O[C@H](OCCCl)C=C[C@@H]1OC(C)=O. The Labute approximate surface area is 116 Å². The number of ether oxygens (including phenoxy) is 4. The highest BCUT2D eigenvalue weighted by Crippen LogP contribution is 2.17. The van der Waals surface area contributed by atoms with Crippen molar-refractivity contribution in [2.75, 3.05) is 19.1 Å². The highest BCUT2D eigenvalue weighted by Gasteiger charge is 2.30. The lowest BCUT2D eigenvalue weighted by Crippen LogP contribution is -2.42. The lowest BCUT2D eigenvalue weighted by atomic mass is 10.1. The van der Waals surface area contributed by atoms with Gasteiger partial charge in [0, 0.05) is 19.7 Å². The van der Waals surface area contributed by atoms with Crippen LogP contribution in [-0.2, 0) is 28.5 Å². The zero-order chi connectivity index (χ0) is 14.3. The first-order valence-corrected chi connectivity index (χ1v) is 6.38. The van der Waals surface area contributed by atoms with Gasteiger partial charge in [0.15, 0.2) is 6.29 Å². The zero-order valence-electron chi connectivity index (χ0n) is 10.8. The summed E-state index contributed by atoms with van der Waals surface area (Å²) in [7, 11) is 0. The van der Waals surface area contributed by atoms with E-state index < -0.39 is 30.4 Å². The third-order valence-corrected chi connectivity index (χ3v) is 2.40. The maximum atomic E-state index is 11.0. The van der Waals surface area contributed by atoms with E-state index in [0.717, 1.165) is 0 Å². The number of carbonyl (C=O) groups is 2. The topological polar surface area (TPSA) is 71.1 Å². The van der Waals surface area contributed by atoms with Crippen LogP contribution in [0.4, 0.5) is 0 Å².